The number of amides is 1. The molecule has 2 N–H and O–H groups in total. The van der Waals surface area contributed by atoms with E-state index in [9.17, 15) is 4.79 Å². The number of hydrogen-bond donors (Lipinski definition) is 1. The van der Waals surface area contributed by atoms with Gasteiger partial charge in [-0.1, -0.05) is 0 Å². The average molecular weight is 257 g/mol. The van der Waals surface area contributed by atoms with Crippen molar-refractivity contribution in [3.63, 3.8) is 0 Å². The van der Waals surface area contributed by atoms with E-state index >= 15 is 0 Å². The van der Waals surface area contributed by atoms with Crippen molar-refractivity contribution in [2.24, 2.45) is 5.73 Å². The maximum absolute atomic E-state index is 11.4. The minimum atomic E-state index is 0.182. The molecule has 1 saturated heterocycles. The molecule has 1 amide bonds. The Bertz CT molecular complexity index is 248. The van der Waals surface area contributed by atoms with Crippen molar-refractivity contribution in [3.8, 4) is 0 Å². The zero-order valence-corrected chi connectivity index (χ0v) is 11.7. The van der Waals surface area contributed by atoms with E-state index in [1.165, 1.54) is 0 Å². The van der Waals surface area contributed by atoms with Crippen LogP contribution >= 0.6 is 0 Å². The van der Waals surface area contributed by atoms with Crippen molar-refractivity contribution in [3.05, 3.63) is 0 Å². The Morgan fingerprint density at radius 3 is 2.72 bits per heavy atom. The molecule has 1 atom stereocenters. The minimum Gasteiger partial charge on any atom is -0.383 e. The standard InChI is InChI=1S/C13H27N3O2/c1-12(17)15-7-4-8-16(10-9-15)13(11-18-2)5-3-6-14/h13H,3-11,14H2,1-2H3. The largest absolute Gasteiger partial charge is 0.383 e. The number of hydrogen-bond acceptors (Lipinski definition) is 4. The number of nitrogens with zero attached hydrogens (tertiary/aromatic N) is 2. The lowest BCUT2D eigenvalue weighted by Gasteiger charge is -2.30. The summed E-state index contributed by atoms with van der Waals surface area (Å²) in [6, 6.07) is 0.436. The summed E-state index contributed by atoms with van der Waals surface area (Å²) in [5.41, 5.74) is 5.58. The highest BCUT2D eigenvalue weighted by Crippen LogP contribution is 2.12. The van der Waals surface area contributed by atoms with Crippen LogP contribution in [0.15, 0.2) is 0 Å². The number of nitrogens with two attached hydrogens (primary N) is 1. The Hall–Kier alpha value is -0.650. The summed E-state index contributed by atoms with van der Waals surface area (Å²) >= 11 is 0. The van der Waals surface area contributed by atoms with Crippen LogP contribution in [0.2, 0.25) is 0 Å². The van der Waals surface area contributed by atoms with Gasteiger partial charge in [-0.2, -0.15) is 0 Å². The Labute approximate surface area is 110 Å². The van der Waals surface area contributed by atoms with Crippen LogP contribution in [0.25, 0.3) is 0 Å². The lowest BCUT2D eigenvalue weighted by molar-refractivity contribution is -0.128. The maximum Gasteiger partial charge on any atom is 0.219 e. The van der Waals surface area contributed by atoms with Gasteiger partial charge in [-0.15, -0.1) is 0 Å². The van der Waals surface area contributed by atoms with Crippen LogP contribution in [0.5, 0.6) is 0 Å². The van der Waals surface area contributed by atoms with Crippen molar-refractivity contribution in [2.45, 2.75) is 32.2 Å². The molecule has 0 aromatic heterocycles. The van der Waals surface area contributed by atoms with Crippen molar-refractivity contribution < 1.29 is 9.53 Å². The number of carbonyl (C=O) groups excluding carboxylic acids is 1. The predicted molar refractivity (Wildman–Crippen MR) is 72.4 cm³/mol. The molecule has 0 saturated carbocycles. The Balaban J connectivity index is 2.49. The molecule has 0 aromatic carbocycles. The second kappa shape index (κ2) is 8.45. The molecule has 0 aliphatic carbocycles. The number of methoxy groups -OCH3 is 1. The first-order valence-corrected chi connectivity index (χ1v) is 6.87. The lowest BCUT2D eigenvalue weighted by Crippen LogP contribution is -2.41. The van der Waals surface area contributed by atoms with Crippen molar-refractivity contribution >= 4 is 5.91 Å². The summed E-state index contributed by atoms with van der Waals surface area (Å²) in [6.07, 6.45) is 3.15. The van der Waals surface area contributed by atoms with Gasteiger partial charge >= 0.3 is 0 Å². The van der Waals surface area contributed by atoms with Gasteiger partial charge in [-0.3, -0.25) is 9.69 Å². The highest BCUT2D eigenvalue weighted by Gasteiger charge is 2.22. The van der Waals surface area contributed by atoms with Crippen LogP contribution in [-0.4, -0.2) is 68.2 Å². The van der Waals surface area contributed by atoms with E-state index in [4.69, 9.17) is 10.5 Å². The Kier molecular flexibility index (Phi) is 7.23. The molecule has 1 heterocycles. The summed E-state index contributed by atoms with van der Waals surface area (Å²) in [4.78, 5) is 15.8. The van der Waals surface area contributed by atoms with Gasteiger partial charge in [-0.05, 0) is 25.8 Å². The fourth-order valence-corrected chi connectivity index (χ4v) is 2.53. The topological polar surface area (TPSA) is 58.8 Å². The molecule has 0 radical (unpaired) electrons. The predicted octanol–water partition coefficient (Wildman–Crippen LogP) is 0.295. The molecule has 18 heavy (non-hydrogen) atoms. The summed E-state index contributed by atoms with van der Waals surface area (Å²) in [6.45, 7) is 6.82. The lowest BCUT2D eigenvalue weighted by atomic mass is 10.1. The molecule has 1 fully saturated rings. The highest BCUT2D eigenvalue weighted by molar-refractivity contribution is 5.73. The number of carbonyl (C=O) groups is 1. The third kappa shape index (κ3) is 4.92. The summed E-state index contributed by atoms with van der Waals surface area (Å²) < 4.78 is 5.31. The molecular formula is C13H27N3O2. The number of rotatable bonds is 6. The van der Waals surface area contributed by atoms with Crippen LogP contribution in [0.4, 0.5) is 0 Å². The zero-order valence-electron chi connectivity index (χ0n) is 11.7. The van der Waals surface area contributed by atoms with E-state index < -0.39 is 0 Å². The molecule has 1 aliphatic heterocycles. The quantitative estimate of drug-likeness (QED) is 0.743. The van der Waals surface area contributed by atoms with Gasteiger partial charge in [-0.25, -0.2) is 0 Å². The van der Waals surface area contributed by atoms with E-state index in [1.54, 1.807) is 14.0 Å². The minimum absolute atomic E-state index is 0.182. The summed E-state index contributed by atoms with van der Waals surface area (Å²) in [5.74, 6) is 0.182. The first kappa shape index (κ1) is 15.4. The summed E-state index contributed by atoms with van der Waals surface area (Å²) in [5, 5.41) is 0. The van der Waals surface area contributed by atoms with E-state index in [1.807, 2.05) is 4.90 Å². The van der Waals surface area contributed by atoms with Crippen LogP contribution in [0, 0.1) is 0 Å². The Morgan fingerprint density at radius 2 is 2.11 bits per heavy atom. The molecule has 1 unspecified atom stereocenters. The van der Waals surface area contributed by atoms with E-state index in [0.29, 0.717) is 6.04 Å². The molecule has 1 aliphatic rings. The van der Waals surface area contributed by atoms with Gasteiger partial charge in [0, 0.05) is 46.3 Å². The number of ether oxygens (including phenoxy) is 1. The van der Waals surface area contributed by atoms with Gasteiger partial charge < -0.3 is 15.4 Å². The first-order chi connectivity index (χ1) is 8.69. The van der Waals surface area contributed by atoms with Crippen LogP contribution < -0.4 is 5.73 Å². The van der Waals surface area contributed by atoms with Crippen LogP contribution in [-0.2, 0) is 9.53 Å². The molecule has 5 heteroatoms. The molecule has 106 valence electrons. The fraction of sp³-hybridized carbons (Fsp3) is 0.923. The zero-order chi connectivity index (χ0) is 13.4. The average Bonchev–Trinajstić information content (AvgIpc) is 2.60. The molecular weight excluding hydrogens is 230 g/mol. The van der Waals surface area contributed by atoms with Gasteiger partial charge in [0.2, 0.25) is 5.91 Å². The third-order valence-corrected chi connectivity index (χ3v) is 3.59. The third-order valence-electron chi connectivity index (χ3n) is 3.59. The summed E-state index contributed by atoms with van der Waals surface area (Å²) in [7, 11) is 1.75. The van der Waals surface area contributed by atoms with Gasteiger partial charge in [0.05, 0.1) is 6.61 Å². The van der Waals surface area contributed by atoms with E-state index in [-0.39, 0.29) is 5.91 Å². The fourth-order valence-electron chi connectivity index (χ4n) is 2.53. The molecule has 0 bridgehead atoms. The monoisotopic (exact) mass is 257 g/mol. The second-order valence-electron chi connectivity index (χ2n) is 4.94. The van der Waals surface area contributed by atoms with Gasteiger partial charge in [0.25, 0.3) is 0 Å². The van der Waals surface area contributed by atoms with Crippen molar-refractivity contribution in [1.29, 1.82) is 0 Å². The van der Waals surface area contributed by atoms with Crippen molar-refractivity contribution in [2.75, 3.05) is 46.4 Å². The van der Waals surface area contributed by atoms with Gasteiger partial charge in [0.1, 0.15) is 0 Å². The molecule has 0 aromatic rings. The second-order valence-corrected chi connectivity index (χ2v) is 4.94. The van der Waals surface area contributed by atoms with Crippen molar-refractivity contribution in [1.82, 2.24) is 9.80 Å². The first-order valence-electron chi connectivity index (χ1n) is 6.87. The maximum atomic E-state index is 11.4. The molecule has 5 nitrogen and oxygen atoms in total. The Morgan fingerprint density at radius 1 is 1.33 bits per heavy atom. The van der Waals surface area contributed by atoms with E-state index in [2.05, 4.69) is 4.90 Å². The SMILES string of the molecule is COCC(CCCN)N1CCCN(C(C)=O)CC1. The molecule has 0 spiro atoms. The molecule has 1 rings (SSSR count). The smallest absolute Gasteiger partial charge is 0.219 e. The van der Waals surface area contributed by atoms with Crippen LogP contribution in [0.1, 0.15) is 26.2 Å². The van der Waals surface area contributed by atoms with E-state index in [0.717, 1.165) is 58.6 Å². The normalized spacial score (nSPS) is 19.6. The van der Waals surface area contributed by atoms with Crippen LogP contribution in [0.3, 0.4) is 0 Å². The van der Waals surface area contributed by atoms with Gasteiger partial charge in [0.15, 0.2) is 0 Å². The highest BCUT2D eigenvalue weighted by atomic mass is 16.5.